The minimum absolute atomic E-state index is 0.0683. The maximum atomic E-state index is 6.51. The first-order valence-electron chi connectivity index (χ1n) is 8.68. The molecule has 0 amide bonds. The van der Waals surface area contributed by atoms with Crippen molar-refractivity contribution in [3.05, 3.63) is 33.8 Å². The number of amidine groups is 1. The Hall–Kier alpha value is -0.940. The number of ether oxygens (including phenoxy) is 2. The first-order chi connectivity index (χ1) is 11.7. The molecule has 25 heavy (non-hydrogen) atoms. The van der Waals surface area contributed by atoms with Gasteiger partial charge in [-0.05, 0) is 54.9 Å². The van der Waals surface area contributed by atoms with E-state index in [4.69, 9.17) is 35.9 Å². The Morgan fingerprint density at radius 3 is 2.76 bits per heavy atom. The molecular formula is C18H21B2BrN2O2. The largest absolute Gasteiger partial charge is 0.476 e. The maximum absolute atomic E-state index is 6.51. The zero-order valence-electron chi connectivity index (χ0n) is 14.6. The van der Waals surface area contributed by atoms with Gasteiger partial charge in [0.05, 0.1) is 11.5 Å². The highest BCUT2D eigenvalue weighted by Crippen LogP contribution is 2.65. The van der Waals surface area contributed by atoms with E-state index in [0.717, 1.165) is 35.7 Å². The van der Waals surface area contributed by atoms with Crippen LogP contribution in [-0.4, -0.2) is 40.3 Å². The maximum Gasteiger partial charge on any atom is 0.281 e. The van der Waals surface area contributed by atoms with E-state index in [1.807, 2.05) is 6.07 Å². The Balaban J connectivity index is 1.92. The number of methoxy groups -OCH3 is 1. The van der Waals surface area contributed by atoms with Gasteiger partial charge in [-0.2, -0.15) is 0 Å². The van der Waals surface area contributed by atoms with Crippen LogP contribution in [0.15, 0.2) is 27.7 Å². The summed E-state index contributed by atoms with van der Waals surface area (Å²) in [5, 5.41) is -1.47. The topological polar surface area (TPSA) is 56.8 Å². The molecule has 1 fully saturated rings. The monoisotopic (exact) mass is 398 g/mol. The molecule has 1 aliphatic heterocycles. The second kappa shape index (κ2) is 5.53. The molecule has 2 aliphatic carbocycles. The fraction of sp³-hybridized carbons (Fsp3) is 0.611. The van der Waals surface area contributed by atoms with E-state index in [9.17, 15) is 0 Å². The fourth-order valence-corrected chi connectivity index (χ4v) is 5.90. The summed E-state index contributed by atoms with van der Waals surface area (Å²) >= 11 is 3.57. The van der Waals surface area contributed by atoms with Gasteiger partial charge in [-0.3, -0.25) is 0 Å². The number of nitrogens with two attached hydrogens (primary N) is 1. The average molecular weight is 399 g/mol. The first-order valence-corrected chi connectivity index (χ1v) is 9.48. The quantitative estimate of drug-likeness (QED) is 0.739. The van der Waals surface area contributed by atoms with Gasteiger partial charge >= 0.3 is 0 Å². The van der Waals surface area contributed by atoms with Gasteiger partial charge in [0.25, 0.3) is 6.02 Å². The number of hydrogen-bond donors (Lipinski definition) is 1. The second-order valence-electron chi connectivity index (χ2n) is 7.81. The lowest BCUT2D eigenvalue weighted by Gasteiger charge is -2.53. The van der Waals surface area contributed by atoms with Crippen molar-refractivity contribution in [3.8, 4) is 0 Å². The molecule has 0 bridgehead atoms. The minimum atomic E-state index is -1.47. The molecule has 3 aliphatic rings. The van der Waals surface area contributed by atoms with Crippen LogP contribution >= 0.6 is 15.9 Å². The first kappa shape index (κ1) is 17.5. The molecule has 1 aromatic rings. The summed E-state index contributed by atoms with van der Waals surface area (Å²) in [5.74, 6) is 0.376. The van der Waals surface area contributed by atoms with Crippen LogP contribution in [0.5, 0.6) is 0 Å². The summed E-state index contributed by atoms with van der Waals surface area (Å²) in [6, 6.07) is 6.31. The van der Waals surface area contributed by atoms with Gasteiger partial charge in [-0.15, -0.1) is 0 Å². The van der Waals surface area contributed by atoms with E-state index in [0.29, 0.717) is 5.92 Å². The van der Waals surface area contributed by atoms with Crippen LogP contribution in [0.2, 0.25) is 0 Å². The second-order valence-corrected chi connectivity index (χ2v) is 8.72. The molecule has 2 N–H and O–H groups in total. The van der Waals surface area contributed by atoms with Crippen molar-refractivity contribution in [2.75, 3.05) is 7.11 Å². The number of nitrogens with zero attached hydrogens (tertiary/aromatic N) is 1. The van der Waals surface area contributed by atoms with Crippen LogP contribution in [0.25, 0.3) is 0 Å². The summed E-state index contributed by atoms with van der Waals surface area (Å²) in [6.45, 7) is 2.22. The molecule has 128 valence electrons. The Morgan fingerprint density at radius 2 is 2.16 bits per heavy atom. The van der Waals surface area contributed by atoms with Crippen molar-refractivity contribution in [3.63, 3.8) is 0 Å². The van der Waals surface area contributed by atoms with Crippen molar-refractivity contribution < 1.29 is 9.47 Å². The molecule has 0 aromatic heterocycles. The standard InChI is InChI=1S/C18H21B2BrN2O2/c1-10-8-16(6-5-14(10)24-2)9-11-3-4-12(21)7-13(11)17(16)18(19,20)25-15(22)23-17/h3-4,7,10,14H,5-6,8-9H2,1-2H3,(H2,22,23)/t10-,14-,16-,17-/m0/s1. The lowest BCUT2D eigenvalue weighted by Crippen LogP contribution is -2.60. The summed E-state index contributed by atoms with van der Waals surface area (Å²) in [4.78, 5) is 4.78. The third-order valence-corrected chi connectivity index (χ3v) is 6.93. The van der Waals surface area contributed by atoms with Crippen molar-refractivity contribution in [1.29, 1.82) is 0 Å². The fourth-order valence-electron chi connectivity index (χ4n) is 5.54. The van der Waals surface area contributed by atoms with E-state index in [2.05, 4.69) is 35.0 Å². The molecule has 4 radical (unpaired) electrons. The van der Waals surface area contributed by atoms with Gasteiger partial charge in [-0.1, -0.05) is 28.9 Å². The number of rotatable bonds is 1. The molecule has 1 heterocycles. The number of halogens is 1. The van der Waals surface area contributed by atoms with Gasteiger partial charge in [0.1, 0.15) is 21.2 Å². The Labute approximate surface area is 159 Å². The number of aliphatic imine (C=N–C) groups is 1. The zero-order valence-corrected chi connectivity index (χ0v) is 16.2. The van der Waals surface area contributed by atoms with Crippen LogP contribution in [0.1, 0.15) is 37.3 Å². The average Bonchev–Trinajstić information content (AvgIpc) is 2.93. The molecule has 4 atom stereocenters. The van der Waals surface area contributed by atoms with Crippen LogP contribution < -0.4 is 5.73 Å². The number of fused-ring (bicyclic) bond motifs is 3. The van der Waals surface area contributed by atoms with Gasteiger partial charge in [0.2, 0.25) is 0 Å². The number of hydrogen-bond acceptors (Lipinski definition) is 4. The summed E-state index contributed by atoms with van der Waals surface area (Å²) < 4.78 is 12.3. The highest BCUT2D eigenvalue weighted by Gasteiger charge is 2.68. The molecule has 4 nitrogen and oxygen atoms in total. The van der Waals surface area contributed by atoms with E-state index < -0.39 is 10.9 Å². The highest BCUT2D eigenvalue weighted by atomic mass is 79.9. The smallest absolute Gasteiger partial charge is 0.281 e. The van der Waals surface area contributed by atoms with Gasteiger partial charge in [0, 0.05) is 17.0 Å². The molecule has 0 unspecified atom stereocenters. The summed E-state index contributed by atoms with van der Waals surface area (Å²) in [5.41, 5.74) is 7.10. The molecule has 0 saturated heterocycles. The zero-order chi connectivity index (χ0) is 18.0. The van der Waals surface area contributed by atoms with Crippen molar-refractivity contribution >= 4 is 37.6 Å². The van der Waals surface area contributed by atoms with Crippen LogP contribution in [0, 0.1) is 11.3 Å². The molecule has 4 rings (SSSR count). The van der Waals surface area contributed by atoms with E-state index in [1.165, 1.54) is 5.56 Å². The van der Waals surface area contributed by atoms with E-state index in [1.54, 1.807) is 7.11 Å². The van der Waals surface area contributed by atoms with Gasteiger partial charge in [0.15, 0.2) is 0 Å². The Bertz CT molecular complexity index is 757. The van der Waals surface area contributed by atoms with Crippen LogP contribution in [0.4, 0.5) is 0 Å². The van der Waals surface area contributed by atoms with Crippen molar-refractivity contribution in [1.82, 2.24) is 0 Å². The van der Waals surface area contributed by atoms with E-state index in [-0.39, 0.29) is 17.5 Å². The molecule has 1 aromatic carbocycles. The van der Waals surface area contributed by atoms with Gasteiger partial charge in [-0.25, -0.2) is 4.99 Å². The summed E-state index contributed by atoms with van der Waals surface area (Å²) in [6.07, 6.45) is 3.88. The summed E-state index contributed by atoms with van der Waals surface area (Å²) in [7, 11) is 14.8. The molecule has 7 heteroatoms. The predicted molar refractivity (Wildman–Crippen MR) is 103 cm³/mol. The lowest BCUT2D eigenvalue weighted by molar-refractivity contribution is -0.0559. The normalized spacial score (nSPS) is 38.6. The minimum Gasteiger partial charge on any atom is -0.476 e. The SMILES string of the molecule is [B]C1([B])OC(N)=N[C@]12c1cc(Br)ccc1C[C@@]21CC[C@H](OC)[C@@H](C)C1. The predicted octanol–water partition coefficient (Wildman–Crippen LogP) is 2.36. The highest BCUT2D eigenvalue weighted by molar-refractivity contribution is 9.10. The number of benzene rings is 1. The van der Waals surface area contributed by atoms with Crippen molar-refractivity contribution in [2.45, 2.75) is 49.6 Å². The van der Waals surface area contributed by atoms with E-state index >= 15 is 0 Å². The van der Waals surface area contributed by atoms with Crippen molar-refractivity contribution in [2.24, 2.45) is 22.1 Å². The lowest BCUT2D eigenvalue weighted by atomic mass is 9.44. The third-order valence-electron chi connectivity index (χ3n) is 6.43. The third kappa shape index (κ3) is 2.21. The van der Waals surface area contributed by atoms with Gasteiger partial charge < -0.3 is 15.2 Å². The molecular weight excluding hydrogens is 378 g/mol. The molecule has 1 saturated carbocycles. The van der Waals surface area contributed by atoms with Crippen LogP contribution in [0.3, 0.4) is 0 Å². The van der Waals surface area contributed by atoms with Crippen LogP contribution in [-0.2, 0) is 21.4 Å². The Morgan fingerprint density at radius 1 is 1.40 bits per heavy atom. The Kier molecular flexibility index (Phi) is 3.86. The molecule has 2 spiro atoms.